The van der Waals surface area contributed by atoms with Crippen molar-refractivity contribution >= 4 is 75.7 Å². The van der Waals surface area contributed by atoms with E-state index in [9.17, 15) is 30.0 Å². The van der Waals surface area contributed by atoms with E-state index in [1.54, 1.807) is 60.7 Å². The van der Waals surface area contributed by atoms with Gasteiger partial charge in [0.15, 0.2) is 11.2 Å². The van der Waals surface area contributed by atoms with Crippen molar-refractivity contribution < 1.29 is 44.2 Å². The highest BCUT2D eigenvalue weighted by Gasteiger charge is 2.53. The Bertz CT molecular complexity index is 2400. The third-order valence-corrected chi connectivity index (χ3v) is 11.7. The molecular formula is C40H22Br4O9. The molecule has 0 aromatic heterocycles. The van der Waals surface area contributed by atoms with E-state index in [1.807, 2.05) is 24.3 Å². The first-order chi connectivity index (χ1) is 25.3. The van der Waals surface area contributed by atoms with Crippen molar-refractivity contribution in [3.63, 3.8) is 0 Å². The maximum absolute atomic E-state index is 12.7. The normalized spacial score (nSPS) is 15.2. The summed E-state index contributed by atoms with van der Waals surface area (Å²) in [6.45, 7) is 0. The van der Waals surface area contributed by atoms with Crippen LogP contribution in [-0.2, 0) is 20.7 Å². The zero-order valence-corrected chi connectivity index (χ0v) is 33.1. The Balaban J connectivity index is 0.000000152. The summed E-state index contributed by atoms with van der Waals surface area (Å²) >= 11 is 13.4. The van der Waals surface area contributed by atoms with Crippen LogP contribution in [0, 0.1) is 0 Å². The molecule has 13 heteroatoms. The van der Waals surface area contributed by atoms with Crippen molar-refractivity contribution in [3.8, 4) is 34.5 Å². The van der Waals surface area contributed by atoms with E-state index in [2.05, 4.69) is 63.7 Å². The highest BCUT2D eigenvalue weighted by atomic mass is 79.9. The van der Waals surface area contributed by atoms with E-state index in [1.165, 1.54) is 24.3 Å². The van der Waals surface area contributed by atoms with Gasteiger partial charge in [0, 0.05) is 45.5 Å². The van der Waals surface area contributed by atoms with Crippen LogP contribution in [0.1, 0.15) is 54.1 Å². The number of halogens is 4. The van der Waals surface area contributed by atoms with E-state index >= 15 is 0 Å². The fourth-order valence-electron chi connectivity index (χ4n) is 7.00. The van der Waals surface area contributed by atoms with Crippen LogP contribution in [-0.4, -0.2) is 32.4 Å². The summed E-state index contributed by atoms with van der Waals surface area (Å²) in [5.74, 6) is 0.0522. The molecule has 0 saturated carbocycles. The molecule has 0 atom stereocenters. The molecule has 0 bridgehead atoms. The molecule has 0 radical (unpaired) electrons. The predicted octanol–water partition coefficient (Wildman–Crippen LogP) is 10.3. The lowest BCUT2D eigenvalue weighted by Crippen LogP contribution is -2.32. The zero-order chi connectivity index (χ0) is 37.4. The topological polar surface area (TPSA) is 143 Å². The second-order valence-corrected chi connectivity index (χ2v) is 15.7. The molecule has 6 aromatic rings. The number of carbonyl (C=O) groups is 2. The van der Waals surface area contributed by atoms with E-state index in [0.717, 1.165) is 0 Å². The largest absolute Gasteiger partial charge is 0.508 e. The van der Waals surface area contributed by atoms with Crippen LogP contribution in [0.5, 0.6) is 34.5 Å². The van der Waals surface area contributed by atoms with Crippen molar-refractivity contribution in [2.45, 2.75) is 11.2 Å². The van der Waals surface area contributed by atoms with Gasteiger partial charge in [-0.3, -0.25) is 0 Å². The van der Waals surface area contributed by atoms with Gasteiger partial charge >= 0.3 is 11.9 Å². The molecule has 3 aliphatic heterocycles. The molecule has 53 heavy (non-hydrogen) atoms. The number of carbonyl (C=O) groups excluding carboxylic acids is 2. The summed E-state index contributed by atoms with van der Waals surface area (Å²) in [5.41, 5.74) is 2.42. The minimum absolute atomic E-state index is 0.0371. The van der Waals surface area contributed by atoms with Gasteiger partial charge in [0.1, 0.15) is 34.5 Å². The fraction of sp³-hybridized carbons (Fsp3) is 0.0500. The summed E-state index contributed by atoms with van der Waals surface area (Å²) in [7, 11) is 0. The van der Waals surface area contributed by atoms with Gasteiger partial charge in [-0.2, -0.15) is 0 Å². The van der Waals surface area contributed by atoms with E-state index in [0.29, 0.717) is 73.9 Å². The van der Waals surface area contributed by atoms with Crippen LogP contribution >= 0.6 is 63.7 Å². The minimum atomic E-state index is -1.26. The van der Waals surface area contributed by atoms with Crippen LogP contribution in [0.25, 0.3) is 0 Å². The second kappa shape index (κ2) is 12.9. The van der Waals surface area contributed by atoms with E-state index in [-0.39, 0.29) is 23.0 Å². The average Bonchev–Trinajstić information content (AvgIpc) is 3.61. The number of ether oxygens (including phenoxy) is 3. The molecule has 0 saturated heterocycles. The first kappa shape index (κ1) is 35.2. The number of hydrogen-bond acceptors (Lipinski definition) is 9. The van der Waals surface area contributed by atoms with Gasteiger partial charge in [0.05, 0.1) is 29.0 Å². The van der Waals surface area contributed by atoms with Crippen molar-refractivity contribution in [1.82, 2.24) is 0 Å². The first-order valence-corrected chi connectivity index (χ1v) is 18.9. The Morgan fingerprint density at radius 2 is 0.830 bits per heavy atom. The van der Waals surface area contributed by atoms with Gasteiger partial charge in [-0.25, -0.2) is 9.59 Å². The summed E-state index contributed by atoms with van der Waals surface area (Å²) < 4.78 is 19.6. The minimum Gasteiger partial charge on any atom is -0.508 e. The number of aromatic hydroxyl groups is 4. The smallest absolute Gasteiger partial charge is 0.340 e. The molecule has 0 amide bonds. The van der Waals surface area contributed by atoms with Crippen molar-refractivity contribution in [1.29, 1.82) is 0 Å². The van der Waals surface area contributed by atoms with Gasteiger partial charge < -0.3 is 34.6 Å². The molecule has 9 rings (SSSR count). The number of cyclic esters (lactones) is 1. The second-order valence-electron chi connectivity index (χ2n) is 12.3. The quantitative estimate of drug-likeness (QED) is 0.125. The van der Waals surface area contributed by atoms with E-state index < -0.39 is 23.1 Å². The molecule has 6 aromatic carbocycles. The maximum Gasteiger partial charge on any atom is 0.340 e. The van der Waals surface area contributed by atoms with Crippen molar-refractivity contribution in [2.75, 3.05) is 0 Å². The fourth-order valence-corrected chi connectivity index (χ4v) is 9.38. The lowest BCUT2D eigenvalue weighted by Gasteiger charge is -2.36. The molecule has 0 aliphatic carbocycles. The first-order valence-electron chi connectivity index (χ1n) is 15.7. The number of esters is 2. The molecule has 0 fully saturated rings. The van der Waals surface area contributed by atoms with Crippen LogP contribution in [0.2, 0.25) is 0 Å². The van der Waals surface area contributed by atoms with Gasteiger partial charge in [-0.05, 0) is 124 Å². The van der Waals surface area contributed by atoms with Gasteiger partial charge in [0.2, 0.25) is 0 Å². The lowest BCUT2D eigenvalue weighted by atomic mass is 9.77. The molecule has 4 N–H and O–H groups in total. The highest BCUT2D eigenvalue weighted by molar-refractivity contribution is 9.11. The number of phenols is 4. The molecular weight excluding hydrogens is 944 g/mol. The number of rotatable bonds is 2. The van der Waals surface area contributed by atoms with Crippen molar-refractivity contribution in [3.05, 3.63) is 172 Å². The Morgan fingerprint density at radius 3 is 1.26 bits per heavy atom. The predicted molar refractivity (Wildman–Crippen MR) is 207 cm³/mol. The molecule has 0 unspecified atom stereocenters. The Hall–Kier alpha value is -4.82. The number of benzene rings is 6. The third-order valence-electron chi connectivity index (χ3n) is 9.30. The van der Waals surface area contributed by atoms with Gasteiger partial charge in [0.25, 0.3) is 0 Å². The maximum atomic E-state index is 12.7. The molecule has 1 spiro atoms. The summed E-state index contributed by atoms with van der Waals surface area (Å²) in [6, 6.07) is 30.6. The van der Waals surface area contributed by atoms with E-state index in [4.69, 9.17) is 14.2 Å². The van der Waals surface area contributed by atoms with Crippen LogP contribution in [0.4, 0.5) is 0 Å². The standard InChI is InChI=1S/C20H10Br4O4.C20H12O5/c21-13-5-9(6-14(22)17(13)25)20(10-7-15(23)18(26)16(24)8-10)12-4-2-1-3-11(12)19(27)28-20;21-11-5-7-15-17(9-11)24-18-10-12(22)6-8-16(18)20(15)14-4-2-1-3-13(14)19(23)25-20/h1-8,25-26H;1-10,21-22H. The number of fused-ring (bicyclic) bond motifs is 7. The monoisotopic (exact) mass is 962 g/mol. The Kier molecular flexibility index (Phi) is 8.60. The highest BCUT2D eigenvalue weighted by Crippen LogP contribution is 2.57. The summed E-state index contributed by atoms with van der Waals surface area (Å²) in [5, 5.41) is 40.0. The molecule has 264 valence electrons. The molecule has 9 nitrogen and oxygen atoms in total. The lowest BCUT2D eigenvalue weighted by molar-refractivity contribution is 0.0221. The number of hydrogen-bond donors (Lipinski definition) is 4. The van der Waals surface area contributed by atoms with Crippen LogP contribution in [0.3, 0.4) is 0 Å². The average molecular weight is 966 g/mol. The zero-order valence-electron chi connectivity index (χ0n) is 26.7. The molecule has 3 aliphatic rings. The van der Waals surface area contributed by atoms with Gasteiger partial charge in [-0.1, -0.05) is 36.4 Å². The number of phenolic OH excluding ortho intramolecular Hbond substituents is 4. The summed E-state index contributed by atoms with van der Waals surface area (Å²) in [4.78, 5) is 25.3. The Morgan fingerprint density at radius 1 is 0.453 bits per heavy atom. The Labute approximate surface area is 334 Å². The van der Waals surface area contributed by atoms with Crippen molar-refractivity contribution in [2.24, 2.45) is 0 Å². The van der Waals surface area contributed by atoms with Gasteiger partial charge in [-0.15, -0.1) is 0 Å². The summed E-state index contributed by atoms with van der Waals surface area (Å²) in [6.07, 6.45) is 0. The van der Waals surface area contributed by atoms with Crippen LogP contribution in [0.15, 0.2) is 127 Å². The van der Waals surface area contributed by atoms with Crippen LogP contribution < -0.4 is 4.74 Å². The third kappa shape index (κ3) is 5.43. The molecule has 3 heterocycles. The SMILES string of the molecule is O=C1OC(c2cc(Br)c(O)c(Br)c2)(c2cc(Br)c(O)c(Br)c2)c2ccccc21.O=C1OC2(c3ccc(O)cc3Oc3cc(O)ccc32)c2ccccc21.